The fourth-order valence-corrected chi connectivity index (χ4v) is 2.22. The third kappa shape index (κ3) is 5.77. The minimum atomic E-state index is -0.368. The van der Waals surface area contributed by atoms with Crippen LogP contribution in [0.5, 0.6) is 11.5 Å². The number of nitrogens with one attached hydrogen (secondary N) is 1. The molecule has 7 heteroatoms. The van der Waals surface area contributed by atoms with Gasteiger partial charge < -0.3 is 20.1 Å². The highest BCUT2D eigenvalue weighted by Crippen LogP contribution is 2.24. The van der Waals surface area contributed by atoms with Crippen LogP contribution in [-0.4, -0.2) is 41.5 Å². The van der Waals surface area contributed by atoms with E-state index < -0.39 is 0 Å². The SMILES string of the molecule is CCN(CC(=O)NCc1ccc(F)cc1)C(=O)COc1ccccc1O. The molecule has 0 radical (unpaired) electrons. The van der Waals surface area contributed by atoms with Gasteiger partial charge in [-0.25, -0.2) is 4.39 Å². The molecule has 0 saturated heterocycles. The van der Waals surface area contributed by atoms with Gasteiger partial charge in [-0.05, 0) is 36.8 Å². The van der Waals surface area contributed by atoms with Crippen LogP contribution >= 0.6 is 0 Å². The number of phenols is 1. The highest BCUT2D eigenvalue weighted by molar-refractivity contribution is 5.85. The lowest BCUT2D eigenvalue weighted by Gasteiger charge is -2.20. The molecule has 2 aromatic carbocycles. The first-order chi connectivity index (χ1) is 12.5. The van der Waals surface area contributed by atoms with E-state index in [0.29, 0.717) is 6.54 Å². The summed E-state index contributed by atoms with van der Waals surface area (Å²) >= 11 is 0. The molecule has 0 spiro atoms. The van der Waals surface area contributed by atoms with Crippen molar-refractivity contribution in [2.75, 3.05) is 19.7 Å². The van der Waals surface area contributed by atoms with Crippen molar-refractivity contribution >= 4 is 11.8 Å². The van der Waals surface area contributed by atoms with E-state index in [-0.39, 0.29) is 48.8 Å². The van der Waals surface area contributed by atoms with Gasteiger partial charge in [-0.3, -0.25) is 9.59 Å². The number of halogens is 1. The van der Waals surface area contributed by atoms with Crippen molar-refractivity contribution in [2.24, 2.45) is 0 Å². The maximum absolute atomic E-state index is 12.9. The normalized spacial score (nSPS) is 10.2. The number of hydrogen-bond donors (Lipinski definition) is 2. The second-order valence-electron chi connectivity index (χ2n) is 5.57. The lowest BCUT2D eigenvalue weighted by atomic mass is 10.2. The number of hydrogen-bond acceptors (Lipinski definition) is 4. The lowest BCUT2D eigenvalue weighted by molar-refractivity contribution is -0.137. The fourth-order valence-electron chi connectivity index (χ4n) is 2.22. The van der Waals surface area contributed by atoms with Gasteiger partial charge in [0.25, 0.3) is 5.91 Å². The average molecular weight is 360 g/mol. The van der Waals surface area contributed by atoms with E-state index in [1.165, 1.54) is 23.1 Å². The first-order valence-corrected chi connectivity index (χ1v) is 8.19. The summed E-state index contributed by atoms with van der Waals surface area (Å²) in [6.45, 7) is 1.95. The molecule has 0 heterocycles. The maximum Gasteiger partial charge on any atom is 0.260 e. The molecule has 0 fully saturated rings. The van der Waals surface area contributed by atoms with Gasteiger partial charge in [-0.15, -0.1) is 0 Å². The molecule has 2 rings (SSSR count). The molecular formula is C19H21FN2O4. The Morgan fingerprint density at radius 3 is 2.50 bits per heavy atom. The number of phenolic OH excluding ortho intramolecular Hbond substituents is 1. The Bertz CT molecular complexity index is 749. The zero-order valence-electron chi connectivity index (χ0n) is 14.4. The predicted molar refractivity (Wildman–Crippen MR) is 94.1 cm³/mol. The summed E-state index contributed by atoms with van der Waals surface area (Å²) in [6, 6.07) is 12.1. The summed E-state index contributed by atoms with van der Waals surface area (Å²) in [7, 11) is 0. The average Bonchev–Trinajstić information content (AvgIpc) is 2.64. The van der Waals surface area contributed by atoms with Crippen LogP contribution in [-0.2, 0) is 16.1 Å². The van der Waals surface area contributed by atoms with Crippen LogP contribution in [0.25, 0.3) is 0 Å². The Morgan fingerprint density at radius 1 is 1.15 bits per heavy atom. The summed E-state index contributed by atoms with van der Waals surface area (Å²) in [4.78, 5) is 25.6. The topological polar surface area (TPSA) is 78.9 Å². The summed E-state index contributed by atoms with van der Waals surface area (Å²) < 4.78 is 18.1. The zero-order chi connectivity index (χ0) is 18.9. The maximum atomic E-state index is 12.9. The largest absolute Gasteiger partial charge is 0.504 e. The number of likely N-dealkylation sites (N-methyl/N-ethyl adjacent to an activating group) is 1. The van der Waals surface area contributed by atoms with Gasteiger partial charge in [0.05, 0.1) is 6.54 Å². The first-order valence-electron chi connectivity index (χ1n) is 8.19. The first kappa shape index (κ1) is 19.2. The monoisotopic (exact) mass is 360 g/mol. The predicted octanol–water partition coefficient (Wildman–Crippen LogP) is 2.07. The van der Waals surface area contributed by atoms with Crippen LogP contribution < -0.4 is 10.1 Å². The van der Waals surface area contributed by atoms with Crippen molar-refractivity contribution in [1.29, 1.82) is 0 Å². The molecule has 138 valence electrons. The van der Waals surface area contributed by atoms with Gasteiger partial charge in [-0.1, -0.05) is 24.3 Å². The van der Waals surface area contributed by atoms with Crippen molar-refractivity contribution in [3.05, 3.63) is 59.9 Å². The molecule has 0 atom stereocenters. The van der Waals surface area contributed by atoms with Gasteiger partial charge in [0.15, 0.2) is 18.1 Å². The van der Waals surface area contributed by atoms with Crippen molar-refractivity contribution in [3.63, 3.8) is 0 Å². The van der Waals surface area contributed by atoms with Crippen LogP contribution in [0.1, 0.15) is 12.5 Å². The molecule has 0 unspecified atom stereocenters. The molecule has 0 aliphatic carbocycles. The van der Waals surface area contributed by atoms with E-state index in [4.69, 9.17) is 4.74 Å². The van der Waals surface area contributed by atoms with Gasteiger partial charge in [0, 0.05) is 13.1 Å². The standard InChI is InChI=1S/C19H21FN2O4/c1-2-22(19(25)13-26-17-6-4-3-5-16(17)23)12-18(24)21-11-14-7-9-15(20)10-8-14/h3-10,23H,2,11-13H2,1H3,(H,21,24). The molecule has 0 bridgehead atoms. The van der Waals surface area contributed by atoms with E-state index in [0.717, 1.165) is 5.56 Å². The quantitative estimate of drug-likeness (QED) is 0.755. The number of carbonyl (C=O) groups excluding carboxylic acids is 2. The Morgan fingerprint density at radius 2 is 1.85 bits per heavy atom. The lowest BCUT2D eigenvalue weighted by Crippen LogP contribution is -2.42. The fraction of sp³-hybridized carbons (Fsp3) is 0.263. The smallest absolute Gasteiger partial charge is 0.260 e. The van der Waals surface area contributed by atoms with E-state index in [9.17, 15) is 19.1 Å². The molecule has 6 nitrogen and oxygen atoms in total. The summed E-state index contributed by atoms with van der Waals surface area (Å²) in [5.74, 6) is -0.884. The molecule has 26 heavy (non-hydrogen) atoms. The highest BCUT2D eigenvalue weighted by atomic mass is 19.1. The van der Waals surface area contributed by atoms with Crippen molar-refractivity contribution in [3.8, 4) is 11.5 Å². The number of para-hydroxylation sites is 2. The van der Waals surface area contributed by atoms with Crippen LogP contribution in [0.15, 0.2) is 48.5 Å². The minimum Gasteiger partial charge on any atom is -0.504 e. The third-order valence-corrected chi connectivity index (χ3v) is 3.69. The van der Waals surface area contributed by atoms with Crippen LogP contribution in [0.2, 0.25) is 0 Å². The van der Waals surface area contributed by atoms with E-state index in [1.807, 2.05) is 0 Å². The van der Waals surface area contributed by atoms with Gasteiger partial charge in [0.2, 0.25) is 5.91 Å². The second-order valence-corrected chi connectivity index (χ2v) is 5.57. The molecule has 2 aromatic rings. The number of amides is 2. The van der Waals surface area contributed by atoms with E-state index in [1.54, 1.807) is 37.3 Å². The molecule has 0 saturated carbocycles. The number of nitrogens with zero attached hydrogens (tertiary/aromatic N) is 1. The molecular weight excluding hydrogens is 339 g/mol. The minimum absolute atomic E-state index is 0.0552. The van der Waals surface area contributed by atoms with Crippen LogP contribution in [0.3, 0.4) is 0 Å². The zero-order valence-corrected chi connectivity index (χ0v) is 14.4. The summed E-state index contributed by atoms with van der Waals surface area (Å²) in [5, 5.41) is 12.3. The van der Waals surface area contributed by atoms with Gasteiger partial charge in [-0.2, -0.15) is 0 Å². The van der Waals surface area contributed by atoms with Crippen LogP contribution in [0.4, 0.5) is 4.39 Å². The van der Waals surface area contributed by atoms with Gasteiger partial charge in [0.1, 0.15) is 5.82 Å². The number of benzene rings is 2. The van der Waals surface area contributed by atoms with Crippen LogP contribution in [0, 0.1) is 5.82 Å². The second kappa shape index (κ2) is 9.41. The van der Waals surface area contributed by atoms with Crippen molar-refractivity contribution < 1.29 is 23.8 Å². The number of carbonyl (C=O) groups is 2. The van der Waals surface area contributed by atoms with Crippen molar-refractivity contribution in [1.82, 2.24) is 10.2 Å². The molecule has 0 aliphatic rings. The Kier molecular flexibility index (Phi) is 6.96. The Hall–Kier alpha value is -3.09. The summed E-state index contributed by atoms with van der Waals surface area (Å²) in [5.41, 5.74) is 0.761. The number of aromatic hydroxyl groups is 1. The third-order valence-electron chi connectivity index (χ3n) is 3.69. The van der Waals surface area contributed by atoms with E-state index in [2.05, 4.69) is 5.32 Å². The Labute approximate surface area is 151 Å². The molecule has 0 aromatic heterocycles. The van der Waals surface area contributed by atoms with E-state index >= 15 is 0 Å². The molecule has 2 N–H and O–H groups in total. The van der Waals surface area contributed by atoms with Gasteiger partial charge >= 0.3 is 0 Å². The molecule has 0 aliphatic heterocycles. The molecule has 2 amide bonds. The van der Waals surface area contributed by atoms with Crippen molar-refractivity contribution in [2.45, 2.75) is 13.5 Å². The number of rotatable bonds is 8. The highest BCUT2D eigenvalue weighted by Gasteiger charge is 2.16. The summed E-state index contributed by atoms with van der Waals surface area (Å²) in [6.07, 6.45) is 0. The Balaban J connectivity index is 1.81. The number of ether oxygens (including phenoxy) is 1.